The number of carbonyl (C=O) groups excluding carboxylic acids is 1. The standard InChI is InChI=1S/C12H24N2O2/c1-2-4-11(15)8-14-12(16)9-5-3-6-10(13)7-9/h9-11,15H,2-8,13H2,1H3,(H,14,16). The number of hydrogen-bond acceptors (Lipinski definition) is 3. The third-order valence-electron chi connectivity index (χ3n) is 3.22. The van der Waals surface area contributed by atoms with Gasteiger partial charge in [0.05, 0.1) is 6.10 Å². The molecule has 3 unspecified atom stereocenters. The van der Waals surface area contributed by atoms with Gasteiger partial charge in [0, 0.05) is 18.5 Å². The van der Waals surface area contributed by atoms with E-state index in [-0.39, 0.29) is 17.9 Å². The van der Waals surface area contributed by atoms with Crippen molar-refractivity contribution in [3.05, 3.63) is 0 Å². The molecular weight excluding hydrogens is 204 g/mol. The molecule has 0 radical (unpaired) electrons. The number of aliphatic hydroxyl groups excluding tert-OH is 1. The molecule has 0 heterocycles. The second-order valence-electron chi connectivity index (χ2n) is 4.81. The molecule has 0 spiro atoms. The molecule has 4 heteroatoms. The largest absolute Gasteiger partial charge is 0.391 e. The van der Waals surface area contributed by atoms with E-state index < -0.39 is 6.10 Å². The SMILES string of the molecule is CCCC(O)CNC(=O)C1CCCC(N)C1. The average molecular weight is 228 g/mol. The Kier molecular flexibility index (Phi) is 5.77. The van der Waals surface area contributed by atoms with Crippen molar-refractivity contribution in [1.29, 1.82) is 0 Å². The van der Waals surface area contributed by atoms with E-state index in [2.05, 4.69) is 5.32 Å². The van der Waals surface area contributed by atoms with Crippen molar-refractivity contribution < 1.29 is 9.90 Å². The first kappa shape index (κ1) is 13.5. The monoisotopic (exact) mass is 228 g/mol. The van der Waals surface area contributed by atoms with Gasteiger partial charge in [0.25, 0.3) is 0 Å². The molecule has 1 aliphatic carbocycles. The van der Waals surface area contributed by atoms with E-state index in [4.69, 9.17) is 5.73 Å². The molecule has 16 heavy (non-hydrogen) atoms. The van der Waals surface area contributed by atoms with Crippen molar-refractivity contribution in [2.45, 2.75) is 57.6 Å². The maximum absolute atomic E-state index is 11.8. The average Bonchev–Trinajstić information content (AvgIpc) is 2.26. The molecular formula is C12H24N2O2. The van der Waals surface area contributed by atoms with Crippen molar-refractivity contribution >= 4 is 5.91 Å². The van der Waals surface area contributed by atoms with Gasteiger partial charge in [-0.1, -0.05) is 19.8 Å². The highest BCUT2D eigenvalue weighted by Crippen LogP contribution is 2.23. The molecule has 0 aromatic rings. The van der Waals surface area contributed by atoms with E-state index in [1.165, 1.54) is 0 Å². The number of nitrogens with one attached hydrogen (secondary N) is 1. The maximum atomic E-state index is 11.8. The first-order chi connectivity index (χ1) is 7.63. The van der Waals surface area contributed by atoms with Crippen molar-refractivity contribution in [2.75, 3.05) is 6.54 Å². The van der Waals surface area contributed by atoms with E-state index in [1.807, 2.05) is 6.92 Å². The van der Waals surface area contributed by atoms with Crippen LogP contribution in [0.5, 0.6) is 0 Å². The number of nitrogens with two attached hydrogens (primary N) is 1. The number of aliphatic hydroxyl groups is 1. The highest BCUT2D eigenvalue weighted by Gasteiger charge is 2.25. The Labute approximate surface area is 97.6 Å². The van der Waals surface area contributed by atoms with Crippen molar-refractivity contribution in [3.63, 3.8) is 0 Å². The van der Waals surface area contributed by atoms with Gasteiger partial charge in [-0.25, -0.2) is 0 Å². The van der Waals surface area contributed by atoms with Crippen LogP contribution >= 0.6 is 0 Å². The molecule has 0 saturated heterocycles. The van der Waals surface area contributed by atoms with Crippen LogP contribution in [0.2, 0.25) is 0 Å². The lowest BCUT2D eigenvalue weighted by Gasteiger charge is -2.26. The summed E-state index contributed by atoms with van der Waals surface area (Å²) in [5.41, 5.74) is 5.84. The Morgan fingerprint density at radius 2 is 2.31 bits per heavy atom. The third-order valence-corrected chi connectivity index (χ3v) is 3.22. The summed E-state index contributed by atoms with van der Waals surface area (Å²) in [5, 5.41) is 12.3. The minimum atomic E-state index is -0.411. The van der Waals surface area contributed by atoms with Crippen molar-refractivity contribution in [2.24, 2.45) is 11.7 Å². The summed E-state index contributed by atoms with van der Waals surface area (Å²) in [7, 11) is 0. The van der Waals surface area contributed by atoms with Crippen LogP contribution in [0.25, 0.3) is 0 Å². The van der Waals surface area contributed by atoms with E-state index in [1.54, 1.807) is 0 Å². The van der Waals surface area contributed by atoms with Crippen LogP contribution in [0.4, 0.5) is 0 Å². The Balaban J connectivity index is 2.23. The number of amides is 1. The minimum absolute atomic E-state index is 0.0533. The van der Waals surface area contributed by atoms with Crippen LogP contribution in [0, 0.1) is 5.92 Å². The van der Waals surface area contributed by atoms with Crippen LogP contribution < -0.4 is 11.1 Å². The zero-order valence-electron chi connectivity index (χ0n) is 10.1. The molecule has 1 aliphatic rings. The topological polar surface area (TPSA) is 75.3 Å². The number of carbonyl (C=O) groups is 1. The molecule has 4 N–H and O–H groups in total. The van der Waals surface area contributed by atoms with Gasteiger partial charge in [-0.15, -0.1) is 0 Å². The summed E-state index contributed by atoms with van der Waals surface area (Å²) < 4.78 is 0. The summed E-state index contributed by atoms with van der Waals surface area (Å²) in [4.78, 5) is 11.8. The summed E-state index contributed by atoms with van der Waals surface area (Å²) >= 11 is 0. The van der Waals surface area contributed by atoms with Crippen LogP contribution in [-0.2, 0) is 4.79 Å². The van der Waals surface area contributed by atoms with Crippen LogP contribution in [0.3, 0.4) is 0 Å². The lowest BCUT2D eigenvalue weighted by atomic mass is 9.85. The lowest BCUT2D eigenvalue weighted by molar-refractivity contribution is -0.126. The van der Waals surface area contributed by atoms with Gasteiger partial charge in [-0.3, -0.25) is 4.79 Å². The van der Waals surface area contributed by atoms with E-state index >= 15 is 0 Å². The molecule has 1 amide bonds. The lowest BCUT2D eigenvalue weighted by Crippen LogP contribution is -2.40. The molecule has 4 nitrogen and oxygen atoms in total. The predicted octanol–water partition coefficient (Wildman–Crippen LogP) is 0.781. The first-order valence-electron chi connectivity index (χ1n) is 6.34. The van der Waals surface area contributed by atoms with Crippen molar-refractivity contribution in [1.82, 2.24) is 5.32 Å². The molecule has 0 aliphatic heterocycles. The molecule has 1 fully saturated rings. The number of rotatable bonds is 5. The molecule has 1 saturated carbocycles. The zero-order chi connectivity index (χ0) is 12.0. The van der Waals surface area contributed by atoms with Crippen molar-refractivity contribution in [3.8, 4) is 0 Å². The first-order valence-corrected chi connectivity index (χ1v) is 6.34. The maximum Gasteiger partial charge on any atom is 0.223 e. The Hall–Kier alpha value is -0.610. The van der Waals surface area contributed by atoms with Gasteiger partial charge in [0.1, 0.15) is 0 Å². The summed E-state index contributed by atoms with van der Waals surface area (Å²) in [6.45, 7) is 2.39. The highest BCUT2D eigenvalue weighted by atomic mass is 16.3. The van der Waals surface area contributed by atoms with Gasteiger partial charge in [-0.05, 0) is 25.7 Å². The van der Waals surface area contributed by atoms with Crippen LogP contribution in [-0.4, -0.2) is 29.7 Å². The highest BCUT2D eigenvalue weighted by molar-refractivity contribution is 5.78. The van der Waals surface area contributed by atoms with Gasteiger partial charge in [-0.2, -0.15) is 0 Å². The molecule has 94 valence electrons. The summed E-state index contributed by atoms with van der Waals surface area (Å²) in [5.74, 6) is 0.114. The predicted molar refractivity (Wildman–Crippen MR) is 63.9 cm³/mol. The van der Waals surface area contributed by atoms with Gasteiger partial charge in [0.15, 0.2) is 0 Å². The second kappa shape index (κ2) is 6.86. The molecule has 0 aromatic carbocycles. The zero-order valence-corrected chi connectivity index (χ0v) is 10.1. The van der Waals surface area contributed by atoms with Crippen LogP contribution in [0.1, 0.15) is 45.4 Å². The fraction of sp³-hybridized carbons (Fsp3) is 0.917. The summed E-state index contributed by atoms with van der Waals surface area (Å²) in [6, 6.07) is 0.171. The normalized spacial score (nSPS) is 27.4. The fourth-order valence-electron chi connectivity index (χ4n) is 2.26. The molecule has 0 aromatic heterocycles. The summed E-state index contributed by atoms with van der Waals surface area (Å²) in [6.07, 6.45) is 5.06. The van der Waals surface area contributed by atoms with Gasteiger partial charge >= 0.3 is 0 Å². The second-order valence-corrected chi connectivity index (χ2v) is 4.81. The smallest absolute Gasteiger partial charge is 0.223 e. The number of hydrogen-bond donors (Lipinski definition) is 3. The minimum Gasteiger partial charge on any atom is -0.391 e. The van der Waals surface area contributed by atoms with Gasteiger partial charge < -0.3 is 16.2 Å². The quantitative estimate of drug-likeness (QED) is 0.651. The molecule has 1 rings (SSSR count). The molecule has 0 bridgehead atoms. The Bertz CT molecular complexity index is 221. The molecule has 3 atom stereocenters. The van der Waals surface area contributed by atoms with Gasteiger partial charge in [0.2, 0.25) is 5.91 Å². The van der Waals surface area contributed by atoms with E-state index in [0.29, 0.717) is 6.54 Å². The third kappa shape index (κ3) is 4.49. The van der Waals surface area contributed by atoms with Crippen LogP contribution in [0.15, 0.2) is 0 Å². The Morgan fingerprint density at radius 3 is 2.94 bits per heavy atom. The fourth-order valence-corrected chi connectivity index (χ4v) is 2.26. The van der Waals surface area contributed by atoms with E-state index in [0.717, 1.165) is 38.5 Å². The van der Waals surface area contributed by atoms with E-state index in [9.17, 15) is 9.90 Å². The Morgan fingerprint density at radius 1 is 1.56 bits per heavy atom.